The summed E-state index contributed by atoms with van der Waals surface area (Å²) in [5.74, 6) is 0.209. The van der Waals surface area contributed by atoms with Crippen molar-refractivity contribution >= 4 is 17.5 Å². The molecule has 1 aromatic heterocycles. The van der Waals surface area contributed by atoms with E-state index in [0.717, 1.165) is 22.7 Å². The van der Waals surface area contributed by atoms with Crippen molar-refractivity contribution in [3.63, 3.8) is 0 Å². The summed E-state index contributed by atoms with van der Waals surface area (Å²) in [6.45, 7) is 9.49. The van der Waals surface area contributed by atoms with Crippen LogP contribution in [0.1, 0.15) is 45.4 Å². The van der Waals surface area contributed by atoms with Crippen LogP contribution in [0.2, 0.25) is 5.02 Å². The van der Waals surface area contributed by atoms with Gasteiger partial charge < -0.3 is 9.47 Å². The predicted molar refractivity (Wildman–Crippen MR) is 100 cm³/mol. The van der Waals surface area contributed by atoms with Gasteiger partial charge in [-0.05, 0) is 37.1 Å². The molecule has 0 N–H and O–H groups in total. The molecule has 0 spiro atoms. The van der Waals surface area contributed by atoms with Crippen LogP contribution in [-0.4, -0.2) is 21.4 Å². The first kappa shape index (κ1) is 18.6. The van der Waals surface area contributed by atoms with Crippen molar-refractivity contribution in [3.05, 3.63) is 58.9 Å². The summed E-state index contributed by atoms with van der Waals surface area (Å²) in [7, 11) is 0. The van der Waals surface area contributed by atoms with Gasteiger partial charge in [-0.15, -0.1) is 0 Å². The van der Waals surface area contributed by atoms with Crippen LogP contribution in [0, 0.1) is 5.92 Å². The highest BCUT2D eigenvalue weighted by Crippen LogP contribution is 2.19. The van der Waals surface area contributed by atoms with Crippen molar-refractivity contribution in [2.45, 2.75) is 53.2 Å². The summed E-state index contributed by atoms with van der Waals surface area (Å²) < 4.78 is 2.17. The molecule has 3 nitrogen and oxygen atoms in total. The molecule has 0 saturated heterocycles. The van der Waals surface area contributed by atoms with Gasteiger partial charge in [0.05, 0.1) is 6.54 Å². The van der Waals surface area contributed by atoms with Crippen LogP contribution in [0.3, 0.4) is 0 Å². The topological polar surface area (TPSA) is 25.2 Å². The quantitative estimate of drug-likeness (QED) is 0.694. The van der Waals surface area contributed by atoms with E-state index >= 15 is 0 Å². The fourth-order valence-electron chi connectivity index (χ4n) is 2.73. The highest BCUT2D eigenvalue weighted by molar-refractivity contribution is 6.31. The Kier molecular flexibility index (Phi) is 6.50. The molecule has 0 radical (unpaired) electrons. The zero-order chi connectivity index (χ0) is 17.7. The fraction of sp³-hybridized carbons (Fsp3) is 0.450. The molecule has 1 heterocycles. The Bertz CT molecular complexity index is 678. The Labute approximate surface area is 150 Å². The summed E-state index contributed by atoms with van der Waals surface area (Å²) >= 11 is 6.29. The fourth-order valence-corrected chi connectivity index (χ4v) is 2.93. The van der Waals surface area contributed by atoms with E-state index in [2.05, 4.69) is 24.5 Å². The first-order valence-corrected chi connectivity index (χ1v) is 8.99. The summed E-state index contributed by atoms with van der Waals surface area (Å²) in [5, 5.41) is 0.772. The van der Waals surface area contributed by atoms with Crippen LogP contribution in [0.25, 0.3) is 0 Å². The molecule has 0 aliphatic rings. The average Bonchev–Trinajstić information content (AvgIpc) is 3.00. The van der Waals surface area contributed by atoms with Gasteiger partial charge in [-0.1, -0.05) is 50.6 Å². The van der Waals surface area contributed by atoms with E-state index in [1.807, 2.05) is 55.3 Å². The van der Waals surface area contributed by atoms with Gasteiger partial charge in [-0.25, -0.2) is 0 Å². The van der Waals surface area contributed by atoms with Gasteiger partial charge >= 0.3 is 0 Å². The van der Waals surface area contributed by atoms with Gasteiger partial charge in [-0.3, -0.25) is 4.79 Å². The minimum atomic E-state index is 0.00554. The number of aromatic nitrogens is 1. The lowest BCUT2D eigenvalue weighted by molar-refractivity contribution is -0.137. The van der Waals surface area contributed by atoms with Crippen LogP contribution < -0.4 is 0 Å². The Balaban J connectivity index is 2.22. The lowest BCUT2D eigenvalue weighted by Gasteiger charge is -2.30. The van der Waals surface area contributed by atoms with Crippen molar-refractivity contribution in [3.8, 4) is 0 Å². The standard InChI is InChI=1S/C20H27ClN2O/c1-5-16(4)23(20(24)15(2)3)14-18-10-8-12-22(18)13-17-9-6-7-11-19(17)21/h6-12,15-16H,5,13-14H2,1-4H3. The number of nitrogens with zero attached hydrogens (tertiary/aromatic N) is 2. The molecule has 130 valence electrons. The molecule has 4 heteroatoms. The van der Waals surface area contributed by atoms with Crippen LogP contribution >= 0.6 is 11.6 Å². The highest BCUT2D eigenvalue weighted by atomic mass is 35.5. The molecule has 0 bridgehead atoms. The molecule has 0 aliphatic heterocycles. The molecule has 24 heavy (non-hydrogen) atoms. The first-order chi connectivity index (χ1) is 11.4. The number of carbonyl (C=O) groups is 1. The second-order valence-electron chi connectivity index (χ2n) is 6.60. The minimum absolute atomic E-state index is 0.00554. The van der Waals surface area contributed by atoms with E-state index in [9.17, 15) is 4.79 Å². The van der Waals surface area contributed by atoms with E-state index < -0.39 is 0 Å². The molecule has 0 fully saturated rings. The van der Waals surface area contributed by atoms with E-state index in [1.54, 1.807) is 0 Å². The average molecular weight is 347 g/mol. The van der Waals surface area contributed by atoms with E-state index in [1.165, 1.54) is 0 Å². The van der Waals surface area contributed by atoms with Gasteiger partial charge in [0.25, 0.3) is 0 Å². The zero-order valence-corrected chi connectivity index (χ0v) is 15.8. The van der Waals surface area contributed by atoms with Crippen molar-refractivity contribution in [2.75, 3.05) is 0 Å². The molecule has 2 aromatic rings. The Morgan fingerprint density at radius 2 is 1.88 bits per heavy atom. The van der Waals surface area contributed by atoms with Gasteiger partial charge in [-0.2, -0.15) is 0 Å². The normalized spacial score (nSPS) is 12.4. The molecule has 0 saturated carbocycles. The number of benzene rings is 1. The molecule has 1 aromatic carbocycles. The second kappa shape index (κ2) is 8.39. The smallest absolute Gasteiger partial charge is 0.225 e. The van der Waals surface area contributed by atoms with Gasteiger partial charge in [0.2, 0.25) is 5.91 Å². The van der Waals surface area contributed by atoms with E-state index in [4.69, 9.17) is 11.6 Å². The molecule has 2 rings (SSSR count). The van der Waals surface area contributed by atoms with E-state index in [0.29, 0.717) is 13.1 Å². The maximum atomic E-state index is 12.6. The van der Waals surface area contributed by atoms with Crippen molar-refractivity contribution in [2.24, 2.45) is 5.92 Å². The number of rotatable bonds is 7. The Morgan fingerprint density at radius 1 is 1.17 bits per heavy atom. The Hall–Kier alpha value is -1.74. The predicted octanol–water partition coefficient (Wildman–Crippen LogP) is 4.97. The molecule has 1 unspecified atom stereocenters. The lowest BCUT2D eigenvalue weighted by Crippen LogP contribution is -2.40. The van der Waals surface area contributed by atoms with Crippen LogP contribution in [0.15, 0.2) is 42.6 Å². The summed E-state index contributed by atoms with van der Waals surface area (Å²) in [6, 6.07) is 12.2. The monoisotopic (exact) mass is 346 g/mol. The summed E-state index contributed by atoms with van der Waals surface area (Å²) in [5.41, 5.74) is 2.21. The van der Waals surface area contributed by atoms with Crippen molar-refractivity contribution in [1.29, 1.82) is 0 Å². The molecule has 0 aliphatic carbocycles. The summed E-state index contributed by atoms with van der Waals surface area (Å²) in [6.07, 6.45) is 3.00. The second-order valence-corrected chi connectivity index (χ2v) is 7.00. The van der Waals surface area contributed by atoms with Crippen LogP contribution in [-0.2, 0) is 17.9 Å². The van der Waals surface area contributed by atoms with Gasteiger partial charge in [0, 0.05) is 35.4 Å². The zero-order valence-electron chi connectivity index (χ0n) is 15.0. The number of halogens is 1. The largest absolute Gasteiger partial charge is 0.345 e. The number of amides is 1. The third kappa shape index (κ3) is 4.41. The van der Waals surface area contributed by atoms with E-state index in [-0.39, 0.29) is 17.9 Å². The molecule has 1 amide bonds. The summed E-state index contributed by atoms with van der Waals surface area (Å²) in [4.78, 5) is 14.6. The minimum Gasteiger partial charge on any atom is -0.345 e. The lowest BCUT2D eigenvalue weighted by atomic mass is 10.1. The number of hydrogen-bond acceptors (Lipinski definition) is 1. The van der Waals surface area contributed by atoms with Crippen LogP contribution in [0.4, 0.5) is 0 Å². The first-order valence-electron chi connectivity index (χ1n) is 8.62. The molecular formula is C20H27ClN2O. The van der Waals surface area contributed by atoms with Gasteiger partial charge in [0.15, 0.2) is 0 Å². The number of carbonyl (C=O) groups excluding carboxylic acids is 1. The third-order valence-corrected chi connectivity index (χ3v) is 4.82. The Morgan fingerprint density at radius 3 is 2.50 bits per heavy atom. The SMILES string of the molecule is CCC(C)N(Cc1cccn1Cc1ccccc1Cl)C(=O)C(C)C. The molecule has 1 atom stereocenters. The maximum absolute atomic E-state index is 12.6. The van der Waals surface area contributed by atoms with Crippen LogP contribution in [0.5, 0.6) is 0 Å². The number of hydrogen-bond donors (Lipinski definition) is 0. The third-order valence-electron chi connectivity index (χ3n) is 4.45. The maximum Gasteiger partial charge on any atom is 0.225 e. The van der Waals surface area contributed by atoms with Crippen molar-refractivity contribution < 1.29 is 4.79 Å². The van der Waals surface area contributed by atoms with Gasteiger partial charge in [0.1, 0.15) is 0 Å². The highest BCUT2D eigenvalue weighted by Gasteiger charge is 2.22. The van der Waals surface area contributed by atoms with Crippen molar-refractivity contribution in [1.82, 2.24) is 9.47 Å². The molecular weight excluding hydrogens is 320 g/mol.